The van der Waals surface area contributed by atoms with Crippen LogP contribution in [0.25, 0.3) is 0 Å². The molecule has 8 heteroatoms. The number of benzene rings is 1. The van der Waals surface area contributed by atoms with Gasteiger partial charge in [-0.05, 0) is 19.1 Å². The van der Waals surface area contributed by atoms with Crippen LogP contribution in [0.2, 0.25) is 0 Å². The van der Waals surface area contributed by atoms with Crippen LogP contribution >= 0.6 is 11.8 Å². The second-order valence-corrected chi connectivity index (χ2v) is 5.12. The van der Waals surface area contributed by atoms with E-state index in [2.05, 4.69) is 15.3 Å². The summed E-state index contributed by atoms with van der Waals surface area (Å²) in [5.74, 6) is -2.46. The van der Waals surface area contributed by atoms with Crippen molar-refractivity contribution in [2.45, 2.75) is 12.1 Å². The van der Waals surface area contributed by atoms with E-state index in [-0.39, 0.29) is 17.0 Å². The number of halogens is 2. The number of hydrogen-bond acceptors (Lipinski definition) is 4. The Hall–Kier alpha value is -2.22. The second-order valence-electron chi connectivity index (χ2n) is 4.16. The van der Waals surface area contributed by atoms with Crippen molar-refractivity contribution in [3.63, 3.8) is 0 Å². The third kappa shape index (κ3) is 4.38. The Morgan fingerprint density at radius 1 is 1.33 bits per heavy atom. The predicted molar refractivity (Wildman–Crippen MR) is 75.3 cm³/mol. The van der Waals surface area contributed by atoms with E-state index in [0.717, 1.165) is 23.9 Å². The zero-order valence-corrected chi connectivity index (χ0v) is 11.8. The van der Waals surface area contributed by atoms with Crippen molar-refractivity contribution >= 4 is 23.4 Å². The van der Waals surface area contributed by atoms with Crippen LogP contribution in [-0.2, 0) is 4.79 Å². The van der Waals surface area contributed by atoms with Crippen molar-refractivity contribution in [2.24, 2.45) is 0 Å². The lowest BCUT2D eigenvalue weighted by molar-refractivity contribution is -0.113. The molecule has 0 aliphatic heterocycles. The highest BCUT2D eigenvalue weighted by atomic mass is 32.2. The second kappa shape index (κ2) is 6.49. The molecule has 0 bridgehead atoms. The number of aromatic amines is 1. The maximum atomic E-state index is 13.0. The first kappa shape index (κ1) is 15.2. The van der Waals surface area contributed by atoms with Crippen LogP contribution in [0.15, 0.2) is 34.2 Å². The molecule has 2 N–H and O–H groups in total. The maximum Gasteiger partial charge on any atom is 0.251 e. The van der Waals surface area contributed by atoms with Crippen molar-refractivity contribution < 1.29 is 13.6 Å². The number of nitrogens with zero attached hydrogens (tertiary/aromatic N) is 1. The number of nitrogens with one attached hydrogen (secondary N) is 2. The van der Waals surface area contributed by atoms with Crippen molar-refractivity contribution in [3.05, 3.63) is 51.9 Å². The van der Waals surface area contributed by atoms with Crippen molar-refractivity contribution in [1.82, 2.24) is 9.97 Å². The molecule has 0 unspecified atom stereocenters. The Labute approximate surface area is 122 Å². The van der Waals surface area contributed by atoms with Gasteiger partial charge in [0.05, 0.1) is 5.75 Å². The molecule has 1 aromatic heterocycles. The Kier molecular flexibility index (Phi) is 4.69. The fraction of sp³-hybridized carbons (Fsp3) is 0.154. The number of carbonyl (C=O) groups is 1. The fourth-order valence-electron chi connectivity index (χ4n) is 1.52. The quantitative estimate of drug-likeness (QED) is 0.670. The van der Waals surface area contributed by atoms with E-state index >= 15 is 0 Å². The highest BCUT2D eigenvalue weighted by Gasteiger charge is 2.08. The molecule has 2 rings (SSSR count). The molecular weight excluding hydrogens is 300 g/mol. The summed E-state index contributed by atoms with van der Waals surface area (Å²) in [6, 6.07) is 4.42. The van der Waals surface area contributed by atoms with Crippen LogP contribution in [-0.4, -0.2) is 21.6 Å². The molecule has 0 saturated carbocycles. The zero-order valence-electron chi connectivity index (χ0n) is 10.9. The number of aromatic nitrogens is 2. The lowest BCUT2D eigenvalue weighted by Crippen LogP contribution is -2.15. The fourth-order valence-corrected chi connectivity index (χ4v) is 2.25. The van der Waals surface area contributed by atoms with Crippen LogP contribution in [0.5, 0.6) is 0 Å². The number of hydrogen-bond donors (Lipinski definition) is 2. The highest BCUT2D eigenvalue weighted by Crippen LogP contribution is 2.15. The molecule has 21 heavy (non-hydrogen) atoms. The first-order chi connectivity index (χ1) is 9.94. The van der Waals surface area contributed by atoms with Gasteiger partial charge in [-0.2, -0.15) is 0 Å². The molecule has 1 amide bonds. The average Bonchev–Trinajstić information content (AvgIpc) is 2.40. The maximum absolute atomic E-state index is 13.0. The van der Waals surface area contributed by atoms with Crippen molar-refractivity contribution in [3.8, 4) is 0 Å². The minimum atomic E-state index is -1.04. The third-order valence-corrected chi connectivity index (χ3v) is 3.26. The third-order valence-electron chi connectivity index (χ3n) is 2.39. The number of amides is 1. The van der Waals surface area contributed by atoms with Gasteiger partial charge < -0.3 is 10.3 Å². The van der Waals surface area contributed by atoms with Crippen molar-refractivity contribution in [1.29, 1.82) is 0 Å². The summed E-state index contributed by atoms with van der Waals surface area (Å²) >= 11 is 1.04. The minimum absolute atomic E-state index is 0.0224. The normalized spacial score (nSPS) is 10.4. The Morgan fingerprint density at radius 2 is 2.10 bits per heavy atom. The molecule has 0 saturated heterocycles. The zero-order chi connectivity index (χ0) is 15.4. The van der Waals surface area contributed by atoms with Gasteiger partial charge in [0.15, 0.2) is 16.8 Å². The topological polar surface area (TPSA) is 74.8 Å². The van der Waals surface area contributed by atoms with Gasteiger partial charge in [0.1, 0.15) is 0 Å². The van der Waals surface area contributed by atoms with E-state index in [1.807, 2.05) is 0 Å². The SMILES string of the molecule is Cc1cc(=O)[nH]c(SCC(=O)Nc2ccc(F)c(F)c2)n1. The molecule has 0 spiro atoms. The molecule has 1 aromatic carbocycles. The number of aryl methyl sites for hydroxylation is 1. The van der Waals surface area contributed by atoms with Crippen LogP contribution in [0, 0.1) is 18.6 Å². The summed E-state index contributed by atoms with van der Waals surface area (Å²) in [5.41, 5.74) is 0.401. The van der Waals surface area contributed by atoms with Gasteiger partial charge >= 0.3 is 0 Å². The van der Waals surface area contributed by atoms with Crippen LogP contribution in [0.3, 0.4) is 0 Å². The molecule has 0 atom stereocenters. The van der Waals surface area contributed by atoms with Crippen LogP contribution < -0.4 is 10.9 Å². The molecule has 5 nitrogen and oxygen atoms in total. The molecule has 0 radical (unpaired) electrons. The molecule has 0 fully saturated rings. The van der Waals surface area contributed by atoms with Gasteiger partial charge in [-0.3, -0.25) is 9.59 Å². The number of thioether (sulfide) groups is 1. The molecule has 0 aliphatic rings. The van der Waals surface area contributed by atoms with Crippen LogP contribution in [0.4, 0.5) is 14.5 Å². The van der Waals surface area contributed by atoms with E-state index in [4.69, 9.17) is 0 Å². The van der Waals surface area contributed by atoms with E-state index in [9.17, 15) is 18.4 Å². The predicted octanol–water partition coefficient (Wildman–Crippen LogP) is 2.09. The molecule has 0 aliphatic carbocycles. The Morgan fingerprint density at radius 3 is 2.76 bits per heavy atom. The van der Waals surface area contributed by atoms with Gasteiger partial charge in [0.2, 0.25) is 5.91 Å². The molecule has 1 heterocycles. The summed E-state index contributed by atoms with van der Waals surface area (Å²) in [5, 5.41) is 2.74. The van der Waals surface area contributed by atoms with Gasteiger partial charge in [-0.25, -0.2) is 13.8 Å². The lowest BCUT2D eigenvalue weighted by Gasteiger charge is -2.05. The van der Waals surface area contributed by atoms with Gasteiger partial charge in [-0.1, -0.05) is 11.8 Å². The molecular formula is C13H11F2N3O2S. The monoisotopic (exact) mass is 311 g/mol. The van der Waals surface area contributed by atoms with Gasteiger partial charge in [0, 0.05) is 23.5 Å². The van der Waals surface area contributed by atoms with E-state index in [1.165, 1.54) is 12.1 Å². The minimum Gasteiger partial charge on any atom is -0.325 e. The molecule has 2 aromatic rings. The average molecular weight is 311 g/mol. The summed E-state index contributed by atoms with van der Waals surface area (Å²) in [4.78, 5) is 29.5. The lowest BCUT2D eigenvalue weighted by atomic mass is 10.3. The number of carbonyl (C=O) groups excluding carboxylic acids is 1. The summed E-state index contributed by atoms with van der Waals surface area (Å²) in [6.45, 7) is 1.67. The van der Waals surface area contributed by atoms with Gasteiger partial charge in [-0.15, -0.1) is 0 Å². The smallest absolute Gasteiger partial charge is 0.251 e. The number of rotatable bonds is 4. The van der Waals surface area contributed by atoms with Crippen molar-refractivity contribution in [2.75, 3.05) is 11.1 Å². The number of anilines is 1. The summed E-state index contributed by atoms with van der Waals surface area (Å²) in [7, 11) is 0. The van der Waals surface area contributed by atoms with E-state index in [1.54, 1.807) is 6.92 Å². The standard InChI is InChI=1S/C13H11F2N3O2S/c1-7-4-11(19)18-13(16-7)21-6-12(20)17-8-2-3-9(14)10(15)5-8/h2-5H,6H2,1H3,(H,17,20)(H,16,18,19). The summed E-state index contributed by atoms with van der Waals surface area (Å²) < 4.78 is 25.7. The Bertz CT molecular complexity index is 734. The summed E-state index contributed by atoms with van der Waals surface area (Å²) in [6.07, 6.45) is 0. The van der Waals surface area contributed by atoms with E-state index < -0.39 is 17.5 Å². The molecule has 110 valence electrons. The van der Waals surface area contributed by atoms with Gasteiger partial charge in [0.25, 0.3) is 5.56 Å². The first-order valence-electron chi connectivity index (χ1n) is 5.90. The first-order valence-corrected chi connectivity index (χ1v) is 6.88. The number of H-pyrrole nitrogens is 1. The van der Waals surface area contributed by atoms with E-state index in [0.29, 0.717) is 10.9 Å². The Balaban J connectivity index is 1.95. The van der Waals surface area contributed by atoms with Crippen LogP contribution in [0.1, 0.15) is 5.69 Å². The highest BCUT2D eigenvalue weighted by molar-refractivity contribution is 7.99. The largest absolute Gasteiger partial charge is 0.325 e.